The van der Waals surface area contributed by atoms with E-state index < -0.39 is 0 Å². The fourth-order valence-corrected chi connectivity index (χ4v) is 2.74. The van der Waals surface area contributed by atoms with E-state index in [1.807, 2.05) is 13.0 Å². The number of ether oxygens (including phenoxy) is 1. The van der Waals surface area contributed by atoms with E-state index >= 15 is 0 Å². The summed E-state index contributed by atoms with van der Waals surface area (Å²) in [5.74, 6) is 1.31. The third kappa shape index (κ3) is 2.88. The van der Waals surface area contributed by atoms with Crippen molar-refractivity contribution in [3.63, 3.8) is 0 Å². The smallest absolute Gasteiger partial charge is 0.216 e. The molecule has 0 saturated carbocycles. The number of hydrogen-bond donors (Lipinski definition) is 1. The second kappa shape index (κ2) is 5.63. The van der Waals surface area contributed by atoms with Gasteiger partial charge >= 0.3 is 0 Å². The van der Waals surface area contributed by atoms with Crippen LogP contribution in [0.3, 0.4) is 0 Å². The summed E-state index contributed by atoms with van der Waals surface area (Å²) in [6.07, 6.45) is 3.61. The summed E-state index contributed by atoms with van der Waals surface area (Å²) in [6, 6.07) is 3.45. The number of fused-ring (bicyclic) bond motifs is 1. The van der Waals surface area contributed by atoms with Gasteiger partial charge < -0.3 is 4.74 Å². The summed E-state index contributed by atoms with van der Waals surface area (Å²) >= 11 is 17.2. The zero-order chi connectivity index (χ0) is 15.0. The van der Waals surface area contributed by atoms with Crippen LogP contribution in [0.1, 0.15) is 11.4 Å². The Balaban J connectivity index is 1.94. The quantitative estimate of drug-likeness (QED) is 0.666. The highest BCUT2D eigenvalue weighted by atomic mass is 35.5. The van der Waals surface area contributed by atoms with E-state index in [1.165, 1.54) is 4.68 Å². The number of H-pyrrole nitrogens is 1. The predicted octanol–water partition coefficient (Wildman–Crippen LogP) is 3.87. The van der Waals surface area contributed by atoms with E-state index in [0.29, 0.717) is 33.0 Å². The summed E-state index contributed by atoms with van der Waals surface area (Å²) in [6.45, 7) is 2.19. The molecule has 1 aromatic carbocycles. The maximum atomic E-state index is 6.09. The molecule has 21 heavy (non-hydrogen) atoms. The van der Waals surface area contributed by atoms with Crippen molar-refractivity contribution in [2.45, 2.75) is 6.92 Å². The lowest BCUT2D eigenvalue weighted by Gasteiger charge is -2.17. The molecule has 2 heterocycles. The van der Waals surface area contributed by atoms with Gasteiger partial charge in [-0.15, -0.1) is 0 Å². The minimum absolute atomic E-state index is 0.377. The van der Waals surface area contributed by atoms with Gasteiger partial charge in [0.2, 0.25) is 4.77 Å². The Morgan fingerprint density at radius 2 is 2.29 bits per heavy atom. The summed E-state index contributed by atoms with van der Waals surface area (Å²) in [7, 11) is 0. The van der Waals surface area contributed by atoms with Crippen LogP contribution in [-0.2, 0) is 0 Å². The number of nitrogens with one attached hydrogen (secondary N) is 1. The molecule has 108 valence electrons. The lowest BCUT2D eigenvalue weighted by atomic mass is 10.1. The molecule has 1 aliphatic rings. The highest BCUT2D eigenvalue weighted by Crippen LogP contribution is 2.36. The van der Waals surface area contributed by atoms with Crippen molar-refractivity contribution in [2.24, 2.45) is 5.10 Å². The van der Waals surface area contributed by atoms with Crippen LogP contribution in [0, 0.1) is 11.7 Å². The van der Waals surface area contributed by atoms with Crippen LogP contribution in [0.5, 0.6) is 5.75 Å². The molecule has 0 unspecified atom stereocenters. The highest BCUT2D eigenvalue weighted by molar-refractivity contribution is 7.71. The Morgan fingerprint density at radius 3 is 3.00 bits per heavy atom. The molecule has 8 heteroatoms. The van der Waals surface area contributed by atoms with Gasteiger partial charge in [-0.05, 0) is 37.4 Å². The number of rotatable bonds is 2. The standard InChI is InChI=1S/C13H10Cl2N4OS/c1-7-17-18-13(21)19(7)16-5-8-2-9-3-10(14)4-11(15)12(9)20-6-8/h2-5H,6H2,1H3,(H,18,21). The Bertz CT molecular complexity index is 822. The summed E-state index contributed by atoms with van der Waals surface area (Å²) in [5, 5.41) is 12.0. The Kier molecular flexibility index (Phi) is 3.84. The van der Waals surface area contributed by atoms with Gasteiger partial charge in [-0.25, -0.2) is 0 Å². The van der Waals surface area contributed by atoms with Crippen molar-refractivity contribution in [3.05, 3.63) is 43.9 Å². The molecule has 0 atom stereocenters. The van der Waals surface area contributed by atoms with E-state index in [1.54, 1.807) is 18.3 Å². The minimum Gasteiger partial charge on any atom is -0.487 e. The van der Waals surface area contributed by atoms with Crippen LogP contribution in [-0.4, -0.2) is 27.7 Å². The highest BCUT2D eigenvalue weighted by Gasteiger charge is 2.15. The Morgan fingerprint density at radius 1 is 1.48 bits per heavy atom. The average molecular weight is 341 g/mol. The second-order valence-electron chi connectivity index (χ2n) is 4.45. The van der Waals surface area contributed by atoms with E-state index in [9.17, 15) is 0 Å². The largest absolute Gasteiger partial charge is 0.487 e. The van der Waals surface area contributed by atoms with Crippen molar-refractivity contribution in [3.8, 4) is 5.75 Å². The van der Waals surface area contributed by atoms with Crippen molar-refractivity contribution in [2.75, 3.05) is 6.61 Å². The first-order valence-electron chi connectivity index (χ1n) is 6.05. The normalized spacial score (nSPS) is 14.0. The average Bonchev–Trinajstić information content (AvgIpc) is 2.75. The fourth-order valence-electron chi connectivity index (χ4n) is 1.95. The summed E-state index contributed by atoms with van der Waals surface area (Å²) in [5.41, 5.74) is 1.70. The maximum Gasteiger partial charge on any atom is 0.216 e. The molecule has 0 radical (unpaired) electrons. The molecular formula is C13H10Cl2N4OS. The third-order valence-electron chi connectivity index (χ3n) is 2.91. The van der Waals surface area contributed by atoms with Crippen molar-refractivity contribution < 1.29 is 4.74 Å². The lowest BCUT2D eigenvalue weighted by molar-refractivity contribution is 0.353. The second-order valence-corrected chi connectivity index (χ2v) is 5.68. The topological polar surface area (TPSA) is 55.2 Å². The lowest BCUT2D eigenvalue weighted by Crippen LogP contribution is -2.09. The van der Waals surface area contributed by atoms with Crippen LogP contribution in [0.15, 0.2) is 22.8 Å². The van der Waals surface area contributed by atoms with Gasteiger partial charge in [0, 0.05) is 16.2 Å². The first-order chi connectivity index (χ1) is 10.0. The molecule has 2 aromatic rings. The van der Waals surface area contributed by atoms with Crippen LogP contribution < -0.4 is 4.74 Å². The number of aromatic nitrogens is 3. The van der Waals surface area contributed by atoms with Crippen LogP contribution in [0.2, 0.25) is 10.0 Å². The number of aromatic amines is 1. The molecule has 1 aromatic heterocycles. The zero-order valence-electron chi connectivity index (χ0n) is 10.9. The first-order valence-corrected chi connectivity index (χ1v) is 7.22. The van der Waals surface area contributed by atoms with Gasteiger partial charge in [-0.1, -0.05) is 23.2 Å². The third-order valence-corrected chi connectivity index (χ3v) is 3.68. The maximum absolute atomic E-state index is 6.09. The molecule has 0 aliphatic carbocycles. The van der Waals surface area contributed by atoms with Gasteiger partial charge in [0.25, 0.3) is 0 Å². The van der Waals surface area contributed by atoms with E-state index in [0.717, 1.165) is 11.1 Å². The molecule has 3 rings (SSSR count). The van der Waals surface area contributed by atoms with Crippen LogP contribution in [0.4, 0.5) is 0 Å². The van der Waals surface area contributed by atoms with Gasteiger partial charge in [-0.3, -0.25) is 5.10 Å². The van der Waals surface area contributed by atoms with Gasteiger partial charge in [0.15, 0.2) is 0 Å². The number of nitrogens with zero attached hydrogens (tertiary/aromatic N) is 3. The molecule has 0 amide bonds. The molecule has 0 fully saturated rings. The van der Waals surface area contributed by atoms with E-state index in [4.69, 9.17) is 40.2 Å². The monoisotopic (exact) mass is 340 g/mol. The first kappa shape index (κ1) is 14.3. The van der Waals surface area contributed by atoms with Crippen LogP contribution >= 0.6 is 35.4 Å². The fraction of sp³-hybridized carbons (Fsp3) is 0.154. The SMILES string of the molecule is Cc1n[nH]c(=S)n1N=CC1=Cc2cc(Cl)cc(Cl)c2OC1. The number of halogens is 2. The summed E-state index contributed by atoms with van der Waals surface area (Å²) < 4.78 is 7.62. The van der Waals surface area contributed by atoms with Gasteiger partial charge in [0.1, 0.15) is 18.2 Å². The molecule has 0 saturated heterocycles. The van der Waals surface area contributed by atoms with Crippen molar-refractivity contribution in [1.82, 2.24) is 14.9 Å². The number of benzene rings is 1. The molecule has 0 spiro atoms. The molecule has 0 bridgehead atoms. The zero-order valence-corrected chi connectivity index (χ0v) is 13.3. The van der Waals surface area contributed by atoms with Gasteiger partial charge in [0.05, 0.1) is 11.2 Å². The number of aryl methyl sites for hydroxylation is 1. The minimum atomic E-state index is 0.377. The molecule has 1 aliphatic heterocycles. The number of hydrogen-bond acceptors (Lipinski definition) is 4. The molecular weight excluding hydrogens is 331 g/mol. The predicted molar refractivity (Wildman–Crippen MR) is 86.0 cm³/mol. The van der Waals surface area contributed by atoms with Crippen molar-refractivity contribution in [1.29, 1.82) is 0 Å². The summed E-state index contributed by atoms with van der Waals surface area (Å²) in [4.78, 5) is 0. The molecule has 5 nitrogen and oxygen atoms in total. The van der Waals surface area contributed by atoms with Crippen molar-refractivity contribution >= 4 is 47.7 Å². The van der Waals surface area contributed by atoms with E-state index in [-0.39, 0.29) is 0 Å². The van der Waals surface area contributed by atoms with Gasteiger partial charge in [-0.2, -0.15) is 14.9 Å². The Hall–Kier alpha value is -1.63. The Labute approximate surface area is 135 Å². The molecule has 1 N–H and O–H groups in total. The van der Waals surface area contributed by atoms with Crippen LogP contribution in [0.25, 0.3) is 6.08 Å². The van der Waals surface area contributed by atoms with E-state index in [2.05, 4.69) is 15.3 Å².